The van der Waals surface area contributed by atoms with E-state index in [1.807, 2.05) is 62.3 Å². The first kappa shape index (κ1) is 63.8. The lowest BCUT2D eigenvalue weighted by Crippen LogP contribution is -2.66. The van der Waals surface area contributed by atoms with Crippen LogP contribution in [0.1, 0.15) is 122 Å². The molecule has 0 aromatic carbocycles. The lowest BCUT2D eigenvalue weighted by Gasteiger charge is -2.46. The number of rotatable bonds is 10. The van der Waals surface area contributed by atoms with Crippen molar-refractivity contribution in [2.75, 3.05) is 26.4 Å². The number of aliphatic hydroxyl groups is 12. The highest BCUT2D eigenvalue weighted by Gasteiger charge is 2.52. The lowest BCUT2D eigenvalue weighted by molar-refractivity contribution is -0.247. The Bertz CT molecular complexity index is 1490. The van der Waals surface area contributed by atoms with Crippen LogP contribution in [0.5, 0.6) is 0 Å². The van der Waals surface area contributed by atoms with E-state index < -0.39 is 122 Å². The standard InChI is InChI=1S/C13H26N2O5.C12H22O5.C11H23NO5.C11H22O4/c1-7(17)15(14)10-8(5-13(2,3)4)20-9(6-16)11(18)12(10)19;1-12(2,3)4-6-8(13)9(14)10(15)11(17-6)7-5-16-7;1-11(2,3)4-6-10(17-12)9(15)8(14)7(5-13)16-6;1-11(2,3)5-7-4-8(13)10(14)9(6-12)15-7/h8-12,16,18-19H,5-6,14H2,1-4H3;6-11,13-15H,4-5H2,1-3H3;6-10,13-15H,4-5,12H2,1-3H3;7-10,12-14H,4-6H2,1-3H3/t8-,9?,10-,11-,12+;6-,7+,8-,9+,10+,11?;6-,7?,8-,9-,10-;7-,8-,9?,10-/m0001/s1. The molecule has 22 nitrogen and oxygen atoms in total. The first-order chi connectivity index (χ1) is 31.5. The van der Waals surface area contributed by atoms with Gasteiger partial charge in [-0.2, -0.15) is 0 Å². The van der Waals surface area contributed by atoms with Crippen LogP contribution >= 0.6 is 0 Å². The highest BCUT2D eigenvalue weighted by atomic mass is 16.7. The van der Waals surface area contributed by atoms with E-state index in [-0.39, 0.29) is 47.1 Å². The molecule has 16 N–H and O–H groups in total. The molecule has 0 bridgehead atoms. The van der Waals surface area contributed by atoms with E-state index in [2.05, 4.69) is 20.8 Å². The number of carbonyl (C=O) groups is 1. The summed E-state index contributed by atoms with van der Waals surface area (Å²) in [5.74, 6) is 10.4. The van der Waals surface area contributed by atoms with Gasteiger partial charge in [0, 0.05) is 13.3 Å². The van der Waals surface area contributed by atoms with Crippen molar-refractivity contribution in [3.63, 3.8) is 0 Å². The van der Waals surface area contributed by atoms with Gasteiger partial charge in [0.25, 0.3) is 0 Å². The molecular weight excluding hydrogens is 911 g/mol. The Hall–Kier alpha value is -1.33. The molecule has 1 amide bonds. The summed E-state index contributed by atoms with van der Waals surface area (Å²) in [7, 11) is 0. The first-order valence-electron chi connectivity index (χ1n) is 24.1. The summed E-state index contributed by atoms with van der Waals surface area (Å²) >= 11 is 0. The third-order valence-electron chi connectivity index (χ3n) is 12.4. The second-order valence-electron chi connectivity index (χ2n) is 24.1. The van der Waals surface area contributed by atoms with Crippen LogP contribution in [0.3, 0.4) is 0 Å². The Morgan fingerprint density at radius 1 is 0.536 bits per heavy atom. The fourth-order valence-electron chi connectivity index (χ4n) is 8.92. The molecule has 5 aliphatic heterocycles. The van der Waals surface area contributed by atoms with Crippen LogP contribution < -0.4 is 11.7 Å². The summed E-state index contributed by atoms with van der Waals surface area (Å²) < 4.78 is 27.5. The molecule has 0 spiro atoms. The van der Waals surface area contributed by atoms with Crippen molar-refractivity contribution < 1.29 is 94.6 Å². The van der Waals surface area contributed by atoms with Crippen LogP contribution in [0.2, 0.25) is 0 Å². The van der Waals surface area contributed by atoms with E-state index in [0.29, 0.717) is 32.3 Å². The van der Waals surface area contributed by atoms with Crippen LogP contribution in [-0.2, 0) is 33.3 Å². The number of hydrogen-bond acceptors (Lipinski definition) is 21. The number of nitrogens with zero attached hydrogens (tertiary/aromatic N) is 1. The molecule has 5 rings (SSSR count). The monoisotopic (exact) mass is 1000 g/mol. The Morgan fingerprint density at radius 2 is 0.942 bits per heavy atom. The highest BCUT2D eigenvalue weighted by Crippen LogP contribution is 2.36. The Morgan fingerprint density at radius 3 is 1.36 bits per heavy atom. The van der Waals surface area contributed by atoms with E-state index in [1.165, 1.54) is 6.92 Å². The van der Waals surface area contributed by atoms with Gasteiger partial charge < -0.3 is 85.0 Å². The summed E-state index contributed by atoms with van der Waals surface area (Å²) in [5, 5.41) is 117. The number of ether oxygens (including phenoxy) is 5. The average Bonchev–Trinajstić information content (AvgIpc) is 4.06. The molecule has 5 saturated heterocycles. The van der Waals surface area contributed by atoms with Gasteiger partial charge in [0.1, 0.15) is 91.5 Å². The SMILES string of the molecule is CC(=O)N(N)[C@@H]1[C@@H](O)[C@@H](O)C(CO)O[C@H]1CC(C)(C)C.CC(C)(C)C[C@@H]1OC(CO)[C@H](O)[C@H](O)[C@H]1ON.CC(C)(C)C[C@@H]1OC([C@H]2CO2)[C@H](O)[C@H](O)[C@H]1O.CC(C)(C)C[C@H]1C[C@@H](O)[C@@H](O)C(CO)O1. The number of epoxide rings is 1. The Kier molecular flexibility index (Phi) is 24.7. The second kappa shape index (κ2) is 26.8. The summed E-state index contributed by atoms with van der Waals surface area (Å²) in [4.78, 5) is 16.2. The summed E-state index contributed by atoms with van der Waals surface area (Å²) in [6.45, 7) is 25.3. The minimum Gasteiger partial charge on any atom is -0.394 e. The van der Waals surface area contributed by atoms with Crippen LogP contribution in [0.4, 0.5) is 0 Å². The van der Waals surface area contributed by atoms with Crippen LogP contribution in [0, 0.1) is 21.7 Å². The van der Waals surface area contributed by atoms with Crippen molar-refractivity contribution in [2.24, 2.45) is 33.4 Å². The molecule has 5 aliphatic rings. The maximum absolute atomic E-state index is 11.5. The van der Waals surface area contributed by atoms with Crippen LogP contribution in [0.15, 0.2) is 0 Å². The number of hydrogen-bond donors (Lipinski definition) is 14. The van der Waals surface area contributed by atoms with Crippen molar-refractivity contribution in [1.29, 1.82) is 0 Å². The molecule has 5 heterocycles. The van der Waals surface area contributed by atoms with Crippen molar-refractivity contribution >= 4 is 5.91 Å². The van der Waals surface area contributed by atoms with E-state index in [9.17, 15) is 55.9 Å². The predicted octanol–water partition coefficient (Wildman–Crippen LogP) is -1.88. The molecule has 0 radical (unpaired) electrons. The summed E-state index contributed by atoms with van der Waals surface area (Å²) in [5.41, 5.74) is -0.0542. The molecule has 22 heteroatoms. The normalized spacial score (nSPS) is 39.6. The molecule has 0 saturated carbocycles. The smallest absolute Gasteiger partial charge is 0.233 e. The predicted molar refractivity (Wildman–Crippen MR) is 250 cm³/mol. The fourth-order valence-corrected chi connectivity index (χ4v) is 8.92. The van der Waals surface area contributed by atoms with Gasteiger partial charge in [-0.1, -0.05) is 83.1 Å². The molecule has 0 aromatic heterocycles. The van der Waals surface area contributed by atoms with Gasteiger partial charge in [-0.25, -0.2) is 11.7 Å². The van der Waals surface area contributed by atoms with Gasteiger partial charge in [-0.05, 0) is 47.3 Å². The molecule has 410 valence electrons. The van der Waals surface area contributed by atoms with Crippen molar-refractivity contribution in [3.8, 4) is 0 Å². The number of carbonyl (C=O) groups excluding carboxylic acids is 1. The Balaban J connectivity index is 0.000000317. The van der Waals surface area contributed by atoms with Crippen molar-refractivity contribution in [3.05, 3.63) is 0 Å². The zero-order valence-corrected chi connectivity index (χ0v) is 43.2. The van der Waals surface area contributed by atoms with Crippen molar-refractivity contribution in [2.45, 2.75) is 244 Å². The molecule has 5 fully saturated rings. The highest BCUT2D eigenvalue weighted by molar-refractivity contribution is 5.73. The third-order valence-corrected chi connectivity index (χ3v) is 12.4. The van der Waals surface area contributed by atoms with Crippen LogP contribution in [0.25, 0.3) is 0 Å². The summed E-state index contributed by atoms with van der Waals surface area (Å²) in [6.07, 6.45) is -12.2. The zero-order valence-electron chi connectivity index (χ0n) is 43.2. The van der Waals surface area contributed by atoms with Crippen LogP contribution in [-0.4, -0.2) is 221 Å². The largest absolute Gasteiger partial charge is 0.394 e. The minimum atomic E-state index is -1.29. The van der Waals surface area contributed by atoms with Gasteiger partial charge >= 0.3 is 0 Å². The van der Waals surface area contributed by atoms with Crippen molar-refractivity contribution in [1.82, 2.24) is 5.01 Å². The number of amides is 1. The molecule has 0 aromatic rings. The number of nitrogens with two attached hydrogens (primary N) is 2. The quantitative estimate of drug-likeness (QED) is 0.0493. The lowest BCUT2D eigenvalue weighted by atomic mass is 9.82. The van der Waals surface area contributed by atoms with Gasteiger partial charge in [-0.3, -0.25) is 14.6 Å². The van der Waals surface area contributed by atoms with Gasteiger partial charge in [0.15, 0.2) is 0 Å². The summed E-state index contributed by atoms with van der Waals surface area (Å²) in [6, 6.07) is -0.843. The zero-order chi connectivity index (χ0) is 53.3. The number of hydrazine groups is 1. The molecule has 0 aliphatic carbocycles. The van der Waals surface area contributed by atoms with Gasteiger partial charge in [0.2, 0.25) is 5.91 Å². The average molecular weight is 1000 g/mol. The molecule has 20 atom stereocenters. The maximum atomic E-state index is 11.5. The Labute approximate surface area is 408 Å². The van der Waals surface area contributed by atoms with Gasteiger partial charge in [0.05, 0.1) is 56.9 Å². The van der Waals surface area contributed by atoms with E-state index in [4.69, 9.17) is 50.5 Å². The number of aliphatic hydroxyl groups excluding tert-OH is 12. The molecular formula is C47H93N3O19. The third kappa shape index (κ3) is 20.1. The van der Waals surface area contributed by atoms with E-state index in [1.54, 1.807) is 0 Å². The van der Waals surface area contributed by atoms with E-state index >= 15 is 0 Å². The maximum Gasteiger partial charge on any atom is 0.233 e. The first-order valence-corrected chi connectivity index (χ1v) is 24.1. The minimum absolute atomic E-state index is 0.0113. The topological polar surface area (TPSA) is 374 Å². The second-order valence-corrected chi connectivity index (χ2v) is 24.1. The molecule has 4 unspecified atom stereocenters. The van der Waals surface area contributed by atoms with E-state index in [0.717, 1.165) is 11.4 Å². The molecule has 69 heavy (non-hydrogen) atoms. The van der Waals surface area contributed by atoms with Gasteiger partial charge in [-0.15, -0.1) is 0 Å². The fraction of sp³-hybridized carbons (Fsp3) is 0.979.